The minimum Gasteiger partial charge on any atom is -0.368 e. The Bertz CT molecular complexity index is 614. The van der Waals surface area contributed by atoms with E-state index in [4.69, 9.17) is 5.73 Å². The Kier molecular flexibility index (Phi) is 6.15. The van der Waals surface area contributed by atoms with E-state index in [0.717, 1.165) is 17.6 Å². The number of carbonyl (C=O) groups excluding carboxylic acids is 2. The van der Waals surface area contributed by atoms with Crippen LogP contribution in [-0.2, 0) is 9.59 Å². The molecule has 1 fully saturated rings. The highest BCUT2D eigenvalue weighted by molar-refractivity contribution is 5.95. The highest BCUT2D eigenvalue weighted by atomic mass is 16.2. The number of hydrogen-bond donors (Lipinski definition) is 1. The quantitative estimate of drug-likeness (QED) is 0.838. The van der Waals surface area contributed by atoms with Gasteiger partial charge >= 0.3 is 0 Å². The number of carbonyl (C=O) groups is 2. The second-order valence-electron chi connectivity index (χ2n) is 6.33. The van der Waals surface area contributed by atoms with Crippen LogP contribution < -0.4 is 5.73 Å². The monoisotopic (exact) mass is 329 g/mol. The molecular weight excluding hydrogens is 302 g/mol. The molecule has 1 aromatic rings. The summed E-state index contributed by atoms with van der Waals surface area (Å²) in [5.74, 6) is -0.277. The predicted octanol–water partition coefficient (Wildman–Crippen LogP) is 1.81. The molecule has 0 aromatic heterocycles. The number of nitrogens with two attached hydrogens (primary N) is 1. The zero-order valence-corrected chi connectivity index (χ0v) is 14.8. The van der Waals surface area contributed by atoms with E-state index in [-0.39, 0.29) is 17.9 Å². The average molecular weight is 329 g/mol. The highest BCUT2D eigenvalue weighted by Crippen LogP contribution is 2.19. The average Bonchev–Trinajstić information content (AvgIpc) is 2.59. The van der Waals surface area contributed by atoms with Gasteiger partial charge in [-0.3, -0.25) is 14.5 Å². The maximum atomic E-state index is 12.6. The lowest BCUT2D eigenvalue weighted by atomic mass is 10.0. The smallest absolute Gasteiger partial charge is 0.246 e. The minimum absolute atomic E-state index is 0.0406. The van der Waals surface area contributed by atoms with Crippen molar-refractivity contribution in [1.82, 2.24) is 9.80 Å². The summed E-state index contributed by atoms with van der Waals surface area (Å²) in [6, 6.07) is 7.96. The van der Waals surface area contributed by atoms with Crippen LogP contribution in [0.1, 0.15) is 31.4 Å². The summed E-state index contributed by atoms with van der Waals surface area (Å²) in [5.41, 5.74) is 8.70. The maximum absolute atomic E-state index is 12.6. The van der Waals surface area contributed by atoms with Crippen LogP contribution in [0, 0.1) is 6.92 Å². The SMILES string of the molecule is CC/C(=C\C(=O)N1CCN(C(C)C(N)=O)CC1)c1ccc(C)cc1. The first-order valence-corrected chi connectivity index (χ1v) is 8.52. The standard InChI is InChI=1S/C19H27N3O2/c1-4-16(17-7-5-14(2)6-8-17)13-18(23)22-11-9-21(10-12-22)15(3)19(20)24/h5-8,13,15H,4,9-12H2,1-3H3,(H2,20,24)/b16-13+. The molecule has 5 nitrogen and oxygen atoms in total. The summed E-state index contributed by atoms with van der Waals surface area (Å²) in [6.07, 6.45) is 2.56. The summed E-state index contributed by atoms with van der Waals surface area (Å²) in [4.78, 5) is 27.7. The molecule has 1 saturated heterocycles. The van der Waals surface area contributed by atoms with Crippen molar-refractivity contribution in [3.63, 3.8) is 0 Å². The first kappa shape index (κ1) is 18.2. The molecule has 5 heteroatoms. The lowest BCUT2D eigenvalue weighted by molar-refractivity contribution is -0.129. The van der Waals surface area contributed by atoms with E-state index in [0.29, 0.717) is 26.2 Å². The van der Waals surface area contributed by atoms with E-state index in [9.17, 15) is 9.59 Å². The van der Waals surface area contributed by atoms with Gasteiger partial charge in [0.25, 0.3) is 0 Å². The lowest BCUT2D eigenvalue weighted by Crippen LogP contribution is -2.54. The summed E-state index contributed by atoms with van der Waals surface area (Å²) < 4.78 is 0. The number of rotatable bonds is 5. The second kappa shape index (κ2) is 8.11. The molecule has 1 aliphatic heterocycles. The fraction of sp³-hybridized carbons (Fsp3) is 0.474. The number of hydrogen-bond acceptors (Lipinski definition) is 3. The summed E-state index contributed by atoms with van der Waals surface area (Å²) in [5, 5.41) is 0. The van der Waals surface area contributed by atoms with E-state index in [1.165, 1.54) is 5.56 Å². The molecule has 0 aliphatic carbocycles. The van der Waals surface area contributed by atoms with E-state index in [1.54, 1.807) is 6.08 Å². The topological polar surface area (TPSA) is 66.6 Å². The Morgan fingerprint density at radius 3 is 2.25 bits per heavy atom. The third kappa shape index (κ3) is 4.45. The van der Waals surface area contributed by atoms with Crippen LogP contribution >= 0.6 is 0 Å². The van der Waals surface area contributed by atoms with E-state index >= 15 is 0 Å². The van der Waals surface area contributed by atoms with Crippen molar-refractivity contribution in [2.45, 2.75) is 33.2 Å². The third-order valence-electron chi connectivity index (χ3n) is 4.69. The van der Waals surface area contributed by atoms with Gasteiger partial charge in [-0.2, -0.15) is 0 Å². The largest absolute Gasteiger partial charge is 0.368 e. The molecule has 1 atom stereocenters. The normalized spacial score (nSPS) is 17.6. The number of benzene rings is 1. The summed E-state index contributed by atoms with van der Waals surface area (Å²) in [6.45, 7) is 8.52. The highest BCUT2D eigenvalue weighted by Gasteiger charge is 2.25. The molecule has 24 heavy (non-hydrogen) atoms. The van der Waals surface area contributed by atoms with Gasteiger partial charge in [-0.05, 0) is 31.4 Å². The van der Waals surface area contributed by atoms with Crippen LogP contribution in [0.15, 0.2) is 30.3 Å². The molecule has 0 spiro atoms. The first-order chi connectivity index (χ1) is 11.4. The molecule has 1 aromatic carbocycles. The fourth-order valence-electron chi connectivity index (χ4n) is 2.91. The van der Waals surface area contributed by atoms with Crippen LogP contribution in [0.4, 0.5) is 0 Å². The number of amides is 2. The number of nitrogens with zero attached hydrogens (tertiary/aromatic N) is 2. The van der Waals surface area contributed by atoms with Crippen LogP contribution in [0.2, 0.25) is 0 Å². The first-order valence-electron chi connectivity index (χ1n) is 8.52. The molecular formula is C19H27N3O2. The fourth-order valence-corrected chi connectivity index (χ4v) is 2.91. The van der Waals surface area contributed by atoms with Crippen molar-refractivity contribution in [3.05, 3.63) is 41.5 Å². The molecule has 130 valence electrons. The summed E-state index contributed by atoms with van der Waals surface area (Å²) >= 11 is 0. The molecule has 1 heterocycles. The van der Waals surface area contributed by atoms with E-state index in [2.05, 4.69) is 38.1 Å². The van der Waals surface area contributed by atoms with Crippen molar-refractivity contribution in [2.75, 3.05) is 26.2 Å². The number of primary amides is 1. The zero-order chi connectivity index (χ0) is 17.7. The molecule has 0 radical (unpaired) electrons. The van der Waals surface area contributed by atoms with Gasteiger partial charge < -0.3 is 10.6 Å². The Morgan fingerprint density at radius 2 is 1.75 bits per heavy atom. The summed E-state index contributed by atoms with van der Waals surface area (Å²) in [7, 11) is 0. The van der Waals surface area contributed by atoms with Crippen molar-refractivity contribution in [1.29, 1.82) is 0 Å². The number of piperazine rings is 1. The van der Waals surface area contributed by atoms with Gasteiger partial charge in [0, 0.05) is 32.3 Å². The van der Waals surface area contributed by atoms with Gasteiger partial charge in [0.1, 0.15) is 0 Å². The van der Waals surface area contributed by atoms with Crippen molar-refractivity contribution < 1.29 is 9.59 Å². The molecule has 2 rings (SSSR count). The Morgan fingerprint density at radius 1 is 1.17 bits per heavy atom. The Labute approximate surface area is 144 Å². The third-order valence-corrected chi connectivity index (χ3v) is 4.69. The maximum Gasteiger partial charge on any atom is 0.246 e. The van der Waals surface area contributed by atoms with Gasteiger partial charge in [-0.25, -0.2) is 0 Å². The van der Waals surface area contributed by atoms with Crippen LogP contribution in [0.3, 0.4) is 0 Å². The van der Waals surface area contributed by atoms with Gasteiger partial charge in [-0.15, -0.1) is 0 Å². The van der Waals surface area contributed by atoms with Gasteiger partial charge in [-0.1, -0.05) is 36.8 Å². The number of aryl methyl sites for hydroxylation is 1. The van der Waals surface area contributed by atoms with Crippen molar-refractivity contribution in [3.8, 4) is 0 Å². The molecule has 1 unspecified atom stereocenters. The zero-order valence-electron chi connectivity index (χ0n) is 14.8. The molecule has 0 saturated carbocycles. The minimum atomic E-state index is -0.317. The Balaban J connectivity index is 2.01. The molecule has 1 aliphatic rings. The van der Waals surface area contributed by atoms with Crippen LogP contribution in [-0.4, -0.2) is 53.8 Å². The second-order valence-corrected chi connectivity index (χ2v) is 6.33. The predicted molar refractivity (Wildman–Crippen MR) is 96.3 cm³/mol. The van der Waals surface area contributed by atoms with Crippen molar-refractivity contribution >= 4 is 17.4 Å². The van der Waals surface area contributed by atoms with Crippen molar-refractivity contribution in [2.24, 2.45) is 5.73 Å². The van der Waals surface area contributed by atoms with Crippen LogP contribution in [0.5, 0.6) is 0 Å². The molecule has 2 amide bonds. The van der Waals surface area contributed by atoms with E-state index in [1.807, 2.05) is 16.7 Å². The number of allylic oxidation sites excluding steroid dienone is 1. The van der Waals surface area contributed by atoms with Gasteiger partial charge in [0.05, 0.1) is 6.04 Å². The van der Waals surface area contributed by atoms with Gasteiger partial charge in [0.15, 0.2) is 0 Å². The molecule has 2 N–H and O–H groups in total. The van der Waals surface area contributed by atoms with Crippen LogP contribution in [0.25, 0.3) is 5.57 Å². The van der Waals surface area contributed by atoms with Gasteiger partial charge in [0.2, 0.25) is 11.8 Å². The Hall–Kier alpha value is -2.14. The lowest BCUT2D eigenvalue weighted by Gasteiger charge is -2.36. The van der Waals surface area contributed by atoms with E-state index < -0.39 is 0 Å². The molecule has 0 bridgehead atoms.